The first-order valence-corrected chi connectivity index (χ1v) is 23.2. The van der Waals surface area contributed by atoms with E-state index in [-0.39, 0.29) is 37.1 Å². The molecule has 4 N–H and O–H groups in total. The lowest BCUT2D eigenvalue weighted by atomic mass is 9.90. The molecule has 0 aromatic rings. The average molecular weight is 801 g/mol. The molecule has 1 unspecified atom stereocenters. The molecule has 0 aromatic heterocycles. The Bertz CT molecular complexity index is 1110. The van der Waals surface area contributed by atoms with Crippen LogP contribution in [0.15, 0.2) is 24.3 Å². The predicted molar refractivity (Wildman–Crippen MR) is 220 cm³/mol. The van der Waals surface area contributed by atoms with Gasteiger partial charge < -0.3 is 39.1 Å². The minimum Gasteiger partial charge on any atom is -0.756 e. The van der Waals surface area contributed by atoms with Crippen molar-refractivity contribution in [2.75, 3.05) is 40.9 Å². The van der Waals surface area contributed by atoms with Crippen molar-refractivity contribution in [1.82, 2.24) is 5.32 Å². The van der Waals surface area contributed by atoms with Crippen LogP contribution in [0.4, 0.5) is 0 Å². The molecule has 1 saturated carbocycles. The summed E-state index contributed by atoms with van der Waals surface area (Å²) in [4.78, 5) is 38.0. The van der Waals surface area contributed by atoms with Gasteiger partial charge in [0.2, 0.25) is 5.91 Å². The van der Waals surface area contributed by atoms with Crippen molar-refractivity contribution in [2.45, 2.75) is 186 Å². The molecular weight excluding hydrogens is 719 g/mol. The van der Waals surface area contributed by atoms with Crippen molar-refractivity contribution in [3.8, 4) is 0 Å². The van der Waals surface area contributed by atoms with Gasteiger partial charge in [0, 0.05) is 24.7 Å². The number of nitrogens with zero attached hydrogens (tertiary/aromatic N) is 1. The number of aliphatic hydroxyl groups is 3. The van der Waals surface area contributed by atoms with Crippen molar-refractivity contribution in [3.63, 3.8) is 0 Å². The van der Waals surface area contributed by atoms with Crippen molar-refractivity contribution < 1.29 is 47.9 Å². The van der Waals surface area contributed by atoms with E-state index >= 15 is 0 Å². The van der Waals surface area contributed by atoms with E-state index in [0.29, 0.717) is 43.1 Å². The Kier molecular flexibility index (Phi) is 28.7. The number of amides is 1. The number of likely N-dealkylation sites (N-methyl/N-ethyl adjacent to an activating group) is 1. The summed E-state index contributed by atoms with van der Waals surface area (Å²) in [6.07, 6.45) is 26.8. The maximum atomic E-state index is 12.9. The number of rotatable bonds is 35. The molecule has 1 fully saturated rings. The molecule has 55 heavy (non-hydrogen) atoms. The van der Waals surface area contributed by atoms with Gasteiger partial charge in [0.1, 0.15) is 18.9 Å². The molecule has 0 bridgehead atoms. The molecule has 0 spiro atoms. The van der Waals surface area contributed by atoms with Gasteiger partial charge in [-0.05, 0) is 32.1 Å². The van der Waals surface area contributed by atoms with Gasteiger partial charge in [-0.15, -0.1) is 0 Å². The van der Waals surface area contributed by atoms with Crippen LogP contribution in [0.1, 0.15) is 162 Å². The first-order chi connectivity index (χ1) is 26.2. The monoisotopic (exact) mass is 801 g/mol. The molecule has 1 amide bonds. The Morgan fingerprint density at radius 1 is 0.873 bits per heavy atom. The second kappa shape index (κ2) is 30.6. The minimum atomic E-state index is -4.63. The fraction of sp³-hybridized carbons (Fsp3) is 0.860. The SMILES string of the molecule is CCCCCCCCCCCCCCC[C@@H](O)[C@H](COP(=O)([O-])OCC[N+](C)(C)C)NC(=O)CCC/C=C\C[C@H]1[C@@H](O)CC(=O)[C@@H]1/C=C/[C@@H](O)CCCCC. The van der Waals surface area contributed by atoms with Crippen molar-refractivity contribution in [2.24, 2.45) is 11.8 Å². The van der Waals surface area contributed by atoms with Crippen molar-refractivity contribution in [1.29, 1.82) is 0 Å². The number of nitrogens with one attached hydrogen (secondary N) is 1. The number of phosphoric acid groups is 1. The Morgan fingerprint density at radius 3 is 2.04 bits per heavy atom. The number of aliphatic hydroxyl groups excluding tert-OH is 3. The molecule has 0 aliphatic heterocycles. The molecule has 0 aromatic carbocycles. The van der Waals surface area contributed by atoms with Gasteiger partial charge in [-0.3, -0.25) is 14.2 Å². The van der Waals surface area contributed by atoms with Crippen LogP contribution in [0.3, 0.4) is 0 Å². The lowest BCUT2D eigenvalue weighted by molar-refractivity contribution is -0.870. The first-order valence-electron chi connectivity index (χ1n) is 21.8. The number of unbranched alkanes of at least 4 members (excludes halogenated alkanes) is 15. The van der Waals surface area contributed by atoms with Gasteiger partial charge in [0.25, 0.3) is 7.82 Å². The van der Waals surface area contributed by atoms with Crippen molar-refractivity contribution in [3.05, 3.63) is 24.3 Å². The summed E-state index contributed by atoms with van der Waals surface area (Å²) in [6, 6.07) is -0.902. The molecular formula is C43H81N2O9P. The third kappa shape index (κ3) is 27.0. The fourth-order valence-electron chi connectivity index (χ4n) is 6.96. The summed E-state index contributed by atoms with van der Waals surface area (Å²) in [5.41, 5.74) is 0. The summed E-state index contributed by atoms with van der Waals surface area (Å²) in [6.45, 7) is 4.36. The molecule has 11 nitrogen and oxygen atoms in total. The number of hydrogen-bond acceptors (Lipinski definition) is 9. The maximum absolute atomic E-state index is 12.9. The number of ketones is 1. The van der Waals surface area contributed by atoms with Gasteiger partial charge in [0.15, 0.2) is 0 Å². The largest absolute Gasteiger partial charge is 0.756 e. The summed E-state index contributed by atoms with van der Waals surface area (Å²) in [5, 5.41) is 34.6. The predicted octanol–water partition coefficient (Wildman–Crippen LogP) is 7.70. The van der Waals surface area contributed by atoms with E-state index in [1.165, 1.54) is 57.8 Å². The summed E-state index contributed by atoms with van der Waals surface area (Å²) in [5.74, 6) is -1.00. The lowest BCUT2D eigenvalue weighted by Crippen LogP contribution is -2.46. The van der Waals surface area contributed by atoms with Gasteiger partial charge in [0.05, 0.1) is 52.1 Å². The summed E-state index contributed by atoms with van der Waals surface area (Å²) in [7, 11) is 1.14. The number of carbonyl (C=O) groups excluding carboxylic acids is 2. The van der Waals surface area contributed by atoms with Gasteiger partial charge in [-0.25, -0.2) is 0 Å². The summed E-state index contributed by atoms with van der Waals surface area (Å²) < 4.78 is 23.2. The maximum Gasteiger partial charge on any atom is 0.268 e. The molecule has 0 radical (unpaired) electrons. The van der Waals surface area contributed by atoms with Crippen LogP contribution in [0, 0.1) is 11.8 Å². The van der Waals surface area contributed by atoms with Crippen molar-refractivity contribution >= 4 is 19.5 Å². The van der Waals surface area contributed by atoms with E-state index in [0.717, 1.165) is 44.9 Å². The highest BCUT2D eigenvalue weighted by molar-refractivity contribution is 7.45. The quantitative estimate of drug-likeness (QED) is 0.0218. The number of Topliss-reactive ketones (excluding diaryl/α,β-unsaturated/α-hetero) is 1. The highest BCUT2D eigenvalue weighted by Gasteiger charge is 2.39. The van der Waals surface area contributed by atoms with Crippen LogP contribution in [-0.2, 0) is 23.2 Å². The van der Waals surface area contributed by atoms with Crippen LogP contribution in [0.2, 0.25) is 0 Å². The Balaban J connectivity index is 2.56. The number of allylic oxidation sites excluding steroid dienone is 3. The third-order valence-corrected chi connectivity index (χ3v) is 11.5. The molecule has 7 atom stereocenters. The molecule has 1 aliphatic carbocycles. The zero-order valence-electron chi connectivity index (χ0n) is 35.3. The molecule has 1 aliphatic rings. The molecule has 12 heteroatoms. The van der Waals surface area contributed by atoms with Crippen LogP contribution in [0.5, 0.6) is 0 Å². The second-order valence-electron chi connectivity index (χ2n) is 16.8. The second-order valence-corrected chi connectivity index (χ2v) is 18.2. The van der Waals surface area contributed by atoms with Crippen LogP contribution in [0.25, 0.3) is 0 Å². The highest BCUT2D eigenvalue weighted by atomic mass is 31.2. The minimum absolute atomic E-state index is 0.0153. The number of hydrogen-bond donors (Lipinski definition) is 4. The van der Waals surface area contributed by atoms with E-state index < -0.39 is 44.7 Å². The number of quaternary nitrogens is 1. The Labute approximate surface area is 334 Å². The van der Waals surface area contributed by atoms with E-state index in [1.54, 1.807) is 12.2 Å². The topological polar surface area (TPSA) is 165 Å². The molecule has 0 heterocycles. The standard InChI is InChI=1S/C43H81N2O9P/c1-6-8-10-11-12-13-14-15-16-17-18-19-24-28-40(47)39(35-54-55(51,52)53-33-32-45(3,4)5)44-43(50)29-25-21-20-23-27-37-38(42(49)34-41(37)48)31-30-36(46)26-22-9-7-2/h20,23,30-31,36-41,46-48H,6-19,21-22,24-29,32-35H2,1-5H3,(H-,44,50,51,52)/b23-20-,31-30+/t36-,37+,38+,39-,40+,41-/m0/s1. The van der Waals surface area contributed by atoms with Crippen LogP contribution < -0.4 is 10.2 Å². The lowest BCUT2D eigenvalue weighted by Gasteiger charge is -2.30. The molecule has 322 valence electrons. The molecule has 1 rings (SSSR count). The van der Waals surface area contributed by atoms with Gasteiger partial charge >= 0.3 is 0 Å². The van der Waals surface area contributed by atoms with E-state index in [1.807, 2.05) is 33.3 Å². The van der Waals surface area contributed by atoms with E-state index in [9.17, 15) is 34.4 Å². The summed E-state index contributed by atoms with van der Waals surface area (Å²) >= 11 is 0. The van der Waals surface area contributed by atoms with Gasteiger partial charge in [-0.2, -0.15) is 0 Å². The highest BCUT2D eigenvalue weighted by Crippen LogP contribution is 2.38. The van der Waals surface area contributed by atoms with E-state index in [2.05, 4.69) is 19.2 Å². The van der Waals surface area contributed by atoms with Gasteiger partial charge in [-0.1, -0.05) is 141 Å². The van der Waals surface area contributed by atoms with E-state index in [4.69, 9.17) is 9.05 Å². The van der Waals surface area contributed by atoms with Crippen LogP contribution in [-0.4, -0.2) is 96.7 Å². The Hall–Kier alpha value is -1.43. The normalized spacial score (nSPS) is 20.7. The Morgan fingerprint density at radius 2 is 1.44 bits per heavy atom. The average Bonchev–Trinajstić information content (AvgIpc) is 3.39. The number of phosphoric ester groups is 1. The smallest absolute Gasteiger partial charge is 0.268 e. The zero-order valence-corrected chi connectivity index (χ0v) is 36.2. The first kappa shape index (κ1) is 51.6. The third-order valence-electron chi connectivity index (χ3n) is 10.6. The van der Waals surface area contributed by atoms with Crippen LogP contribution >= 0.6 is 7.82 Å². The number of carbonyl (C=O) groups is 2. The molecule has 0 saturated heterocycles. The fourth-order valence-corrected chi connectivity index (χ4v) is 7.68. The zero-order chi connectivity index (χ0) is 41.0.